The van der Waals surface area contributed by atoms with Gasteiger partial charge in [-0.25, -0.2) is 18.1 Å². The molecule has 0 bridgehead atoms. The third-order valence-corrected chi connectivity index (χ3v) is 5.00. The Labute approximate surface area is 145 Å². The maximum absolute atomic E-state index is 11.6. The van der Waals surface area contributed by atoms with Crippen LogP contribution < -0.4 is 0 Å². The standard InChI is InChI=1S/C17H16ClN3O2S/c1-12-19-17(14-6-8-16(9-7-14)24(2,22)23)21(20-12)15-5-3-4-13(10-15)11-18/h3-10H,11H2,1-2H3. The van der Waals surface area contributed by atoms with Gasteiger partial charge in [0, 0.05) is 17.7 Å². The van der Waals surface area contributed by atoms with Crippen molar-refractivity contribution in [3.8, 4) is 17.1 Å². The number of aryl methyl sites for hydroxylation is 1. The number of aromatic nitrogens is 3. The summed E-state index contributed by atoms with van der Waals surface area (Å²) >= 11 is 5.91. The van der Waals surface area contributed by atoms with E-state index in [-0.39, 0.29) is 4.90 Å². The molecule has 0 amide bonds. The monoisotopic (exact) mass is 361 g/mol. The molecule has 0 atom stereocenters. The number of halogens is 1. The smallest absolute Gasteiger partial charge is 0.175 e. The van der Waals surface area contributed by atoms with Crippen molar-refractivity contribution < 1.29 is 8.42 Å². The molecule has 0 fully saturated rings. The van der Waals surface area contributed by atoms with E-state index in [9.17, 15) is 8.42 Å². The highest BCUT2D eigenvalue weighted by molar-refractivity contribution is 7.90. The van der Waals surface area contributed by atoms with Gasteiger partial charge in [0.1, 0.15) is 5.82 Å². The molecule has 0 aliphatic carbocycles. The lowest BCUT2D eigenvalue weighted by Crippen LogP contribution is -2.01. The lowest BCUT2D eigenvalue weighted by molar-refractivity contribution is 0.602. The Hall–Kier alpha value is -2.18. The third kappa shape index (κ3) is 3.34. The van der Waals surface area contributed by atoms with Crippen LogP contribution in [0, 0.1) is 6.92 Å². The zero-order valence-corrected chi connectivity index (χ0v) is 14.8. The number of alkyl halides is 1. The number of hydrogen-bond acceptors (Lipinski definition) is 4. The highest BCUT2D eigenvalue weighted by Gasteiger charge is 2.13. The Morgan fingerprint density at radius 2 is 1.83 bits per heavy atom. The first kappa shape index (κ1) is 16.7. The van der Waals surface area contributed by atoms with Gasteiger partial charge in [0.2, 0.25) is 0 Å². The van der Waals surface area contributed by atoms with Crippen LogP contribution in [-0.4, -0.2) is 29.4 Å². The topological polar surface area (TPSA) is 64.8 Å². The van der Waals surface area contributed by atoms with E-state index in [4.69, 9.17) is 11.6 Å². The molecule has 0 N–H and O–H groups in total. The molecular weight excluding hydrogens is 346 g/mol. The Balaban J connectivity index is 2.09. The molecule has 0 unspecified atom stereocenters. The van der Waals surface area contributed by atoms with Crippen molar-refractivity contribution in [2.45, 2.75) is 17.7 Å². The molecule has 5 nitrogen and oxygen atoms in total. The first-order chi connectivity index (χ1) is 11.4. The van der Waals surface area contributed by atoms with Gasteiger partial charge in [0.25, 0.3) is 0 Å². The van der Waals surface area contributed by atoms with Gasteiger partial charge in [-0.2, -0.15) is 5.10 Å². The van der Waals surface area contributed by atoms with E-state index in [0.29, 0.717) is 17.5 Å². The molecule has 3 rings (SSSR count). The Morgan fingerprint density at radius 1 is 1.12 bits per heavy atom. The van der Waals surface area contributed by atoms with Crippen LogP contribution in [0.3, 0.4) is 0 Å². The molecule has 0 saturated heterocycles. The van der Waals surface area contributed by atoms with Crippen LogP contribution in [0.4, 0.5) is 0 Å². The molecule has 7 heteroatoms. The number of sulfone groups is 1. The molecule has 124 valence electrons. The molecule has 3 aromatic rings. The predicted octanol–water partition coefficient (Wildman–Crippen LogP) is 3.39. The van der Waals surface area contributed by atoms with Gasteiger partial charge in [-0.15, -0.1) is 11.6 Å². The molecule has 1 heterocycles. The van der Waals surface area contributed by atoms with E-state index in [2.05, 4.69) is 10.1 Å². The largest absolute Gasteiger partial charge is 0.224 e. The minimum Gasteiger partial charge on any atom is -0.224 e. The summed E-state index contributed by atoms with van der Waals surface area (Å²) in [6.45, 7) is 1.82. The van der Waals surface area contributed by atoms with E-state index in [1.54, 1.807) is 28.9 Å². The summed E-state index contributed by atoms with van der Waals surface area (Å²) in [5.41, 5.74) is 2.64. The first-order valence-corrected chi connectivity index (χ1v) is 9.70. The van der Waals surface area contributed by atoms with Crippen molar-refractivity contribution in [1.82, 2.24) is 14.8 Å². The fourth-order valence-electron chi connectivity index (χ4n) is 2.40. The molecule has 0 aliphatic heterocycles. The molecule has 0 radical (unpaired) electrons. The summed E-state index contributed by atoms with van der Waals surface area (Å²) in [5.74, 6) is 1.70. The molecular formula is C17H16ClN3O2S. The van der Waals surface area contributed by atoms with Crippen molar-refractivity contribution in [2.24, 2.45) is 0 Å². The van der Waals surface area contributed by atoms with Crippen molar-refractivity contribution in [2.75, 3.05) is 6.26 Å². The van der Waals surface area contributed by atoms with Crippen molar-refractivity contribution in [3.05, 3.63) is 59.9 Å². The Bertz CT molecular complexity index is 979. The lowest BCUT2D eigenvalue weighted by atomic mass is 10.2. The number of rotatable bonds is 4. The second-order valence-corrected chi connectivity index (χ2v) is 7.78. The van der Waals surface area contributed by atoms with Crippen LogP contribution in [0.5, 0.6) is 0 Å². The Morgan fingerprint density at radius 3 is 2.46 bits per heavy atom. The highest BCUT2D eigenvalue weighted by atomic mass is 35.5. The minimum atomic E-state index is -3.23. The average molecular weight is 362 g/mol. The second-order valence-electron chi connectivity index (χ2n) is 5.49. The summed E-state index contributed by atoms with van der Waals surface area (Å²) in [6.07, 6.45) is 1.19. The lowest BCUT2D eigenvalue weighted by Gasteiger charge is -2.08. The van der Waals surface area contributed by atoms with Crippen LogP contribution in [0.2, 0.25) is 0 Å². The minimum absolute atomic E-state index is 0.276. The summed E-state index contributed by atoms with van der Waals surface area (Å²) in [5, 5.41) is 4.45. The van der Waals surface area contributed by atoms with E-state index in [1.807, 2.05) is 31.2 Å². The highest BCUT2D eigenvalue weighted by Crippen LogP contribution is 2.23. The fourth-order valence-corrected chi connectivity index (χ4v) is 3.20. The van der Waals surface area contributed by atoms with Crippen molar-refractivity contribution in [3.63, 3.8) is 0 Å². The molecule has 1 aromatic heterocycles. The van der Waals surface area contributed by atoms with E-state index < -0.39 is 9.84 Å². The van der Waals surface area contributed by atoms with Crippen LogP contribution >= 0.6 is 11.6 Å². The van der Waals surface area contributed by atoms with Crippen LogP contribution in [0.15, 0.2) is 53.4 Å². The van der Waals surface area contributed by atoms with Crippen molar-refractivity contribution in [1.29, 1.82) is 0 Å². The average Bonchev–Trinajstić information content (AvgIpc) is 2.96. The summed E-state index contributed by atoms with van der Waals surface area (Å²) in [6, 6.07) is 14.4. The second kappa shape index (κ2) is 6.37. The van der Waals surface area contributed by atoms with Gasteiger partial charge in [-0.05, 0) is 48.9 Å². The van der Waals surface area contributed by atoms with Crippen molar-refractivity contribution >= 4 is 21.4 Å². The van der Waals surface area contributed by atoms with E-state index in [0.717, 1.165) is 16.8 Å². The van der Waals surface area contributed by atoms with E-state index >= 15 is 0 Å². The zero-order chi connectivity index (χ0) is 17.3. The molecule has 24 heavy (non-hydrogen) atoms. The van der Waals surface area contributed by atoms with Crippen LogP contribution in [-0.2, 0) is 15.7 Å². The molecule has 0 aliphatic rings. The van der Waals surface area contributed by atoms with E-state index in [1.165, 1.54) is 6.26 Å². The van der Waals surface area contributed by atoms with Crippen LogP contribution in [0.1, 0.15) is 11.4 Å². The van der Waals surface area contributed by atoms with Gasteiger partial charge in [-0.1, -0.05) is 12.1 Å². The quantitative estimate of drug-likeness (QED) is 0.668. The summed E-state index contributed by atoms with van der Waals surface area (Å²) in [7, 11) is -3.23. The fraction of sp³-hybridized carbons (Fsp3) is 0.176. The first-order valence-electron chi connectivity index (χ1n) is 7.28. The van der Waals surface area contributed by atoms with Gasteiger partial charge in [-0.3, -0.25) is 0 Å². The molecule has 0 saturated carbocycles. The Kier molecular flexibility index (Phi) is 4.43. The normalized spacial score (nSPS) is 11.6. The predicted molar refractivity (Wildman–Crippen MR) is 94.2 cm³/mol. The van der Waals surface area contributed by atoms with Gasteiger partial charge < -0.3 is 0 Å². The number of hydrogen-bond donors (Lipinski definition) is 0. The zero-order valence-electron chi connectivity index (χ0n) is 13.3. The number of benzene rings is 2. The van der Waals surface area contributed by atoms with Crippen LogP contribution in [0.25, 0.3) is 17.1 Å². The maximum atomic E-state index is 11.6. The summed E-state index contributed by atoms with van der Waals surface area (Å²) < 4.78 is 24.9. The molecule has 2 aromatic carbocycles. The number of nitrogens with zero attached hydrogens (tertiary/aromatic N) is 3. The van der Waals surface area contributed by atoms with Gasteiger partial charge >= 0.3 is 0 Å². The third-order valence-electron chi connectivity index (χ3n) is 3.56. The van der Waals surface area contributed by atoms with Gasteiger partial charge in [0.15, 0.2) is 15.7 Å². The summed E-state index contributed by atoms with van der Waals surface area (Å²) in [4.78, 5) is 4.75. The maximum Gasteiger partial charge on any atom is 0.175 e. The van der Waals surface area contributed by atoms with Gasteiger partial charge in [0.05, 0.1) is 10.6 Å². The molecule has 0 spiro atoms. The SMILES string of the molecule is Cc1nc(-c2ccc(S(C)(=O)=O)cc2)n(-c2cccc(CCl)c2)n1.